The molecule has 1 aromatic carbocycles. The number of unbranched alkanes of at least 4 members (excludes halogenated alkanes) is 5. The van der Waals surface area contributed by atoms with Crippen molar-refractivity contribution in [1.82, 2.24) is 4.90 Å². The predicted octanol–water partition coefficient (Wildman–Crippen LogP) is 4.98. The van der Waals surface area contributed by atoms with Gasteiger partial charge in [-0.25, -0.2) is 4.79 Å². The number of aliphatic hydroxyl groups excluding tert-OH is 2. The lowest BCUT2D eigenvalue weighted by Crippen LogP contribution is -2.45. The third-order valence-electron chi connectivity index (χ3n) is 5.71. The van der Waals surface area contributed by atoms with Gasteiger partial charge < -0.3 is 24.4 Å². The Hall–Kier alpha value is -1.93. The summed E-state index contributed by atoms with van der Waals surface area (Å²) in [6.45, 7) is 7.90. The summed E-state index contributed by atoms with van der Waals surface area (Å²) in [7, 11) is 0. The molecule has 1 aromatic rings. The van der Waals surface area contributed by atoms with E-state index in [1.54, 1.807) is 11.0 Å². The maximum atomic E-state index is 13.0. The summed E-state index contributed by atoms with van der Waals surface area (Å²) in [5.74, 6) is 0. The van der Waals surface area contributed by atoms with Crippen LogP contribution in [0.4, 0.5) is 4.79 Å². The van der Waals surface area contributed by atoms with E-state index in [0.29, 0.717) is 12.1 Å². The smallest absolute Gasteiger partial charge is 0.410 e. The van der Waals surface area contributed by atoms with Crippen LogP contribution in [0.5, 0.6) is 0 Å². The number of aliphatic hydroxyl groups is 2. The molecule has 1 saturated heterocycles. The van der Waals surface area contributed by atoms with Crippen molar-refractivity contribution < 1.29 is 29.2 Å². The topological polar surface area (TPSA) is 88.5 Å². The van der Waals surface area contributed by atoms with Gasteiger partial charge in [0.15, 0.2) is 6.29 Å². The van der Waals surface area contributed by atoms with Crippen LogP contribution in [0.25, 0.3) is 0 Å². The third kappa shape index (κ3) is 9.37. The molecule has 1 aliphatic heterocycles. The Bertz CT molecular complexity index is 745. The van der Waals surface area contributed by atoms with E-state index in [1.807, 2.05) is 51.1 Å². The second kappa shape index (κ2) is 14.5. The van der Waals surface area contributed by atoms with Crippen molar-refractivity contribution in [2.24, 2.45) is 0 Å². The lowest BCUT2D eigenvalue weighted by molar-refractivity contribution is -0.199. The Kier molecular flexibility index (Phi) is 12.0. The molecule has 7 heteroatoms. The van der Waals surface area contributed by atoms with Crippen LogP contribution in [0.2, 0.25) is 0 Å². The first-order valence-corrected chi connectivity index (χ1v) is 12.5. The first kappa shape index (κ1) is 28.3. The van der Waals surface area contributed by atoms with Crippen molar-refractivity contribution in [3.63, 3.8) is 0 Å². The summed E-state index contributed by atoms with van der Waals surface area (Å²) < 4.78 is 17.5. The molecule has 1 heterocycles. The summed E-state index contributed by atoms with van der Waals surface area (Å²) in [6, 6.07) is 8.95. The molecular formula is C27H43NO6. The van der Waals surface area contributed by atoms with Gasteiger partial charge in [0.2, 0.25) is 0 Å². The lowest BCUT2D eigenvalue weighted by Gasteiger charge is -2.35. The molecule has 7 nitrogen and oxygen atoms in total. The molecule has 2 N–H and O–H groups in total. The molecule has 0 radical (unpaired) electrons. The van der Waals surface area contributed by atoms with Gasteiger partial charge in [-0.15, -0.1) is 0 Å². The molecule has 1 amide bonds. The number of carbonyl (C=O) groups is 1. The zero-order valence-electron chi connectivity index (χ0n) is 21.2. The molecule has 0 saturated carbocycles. The molecule has 1 unspecified atom stereocenters. The van der Waals surface area contributed by atoms with E-state index in [4.69, 9.17) is 14.2 Å². The summed E-state index contributed by atoms with van der Waals surface area (Å²) >= 11 is 0. The predicted molar refractivity (Wildman–Crippen MR) is 132 cm³/mol. The SMILES string of the molecule is CCCCCCCCN(C(=O)OC(C)(C)C)[C@H](/C=C1/COC(c2ccccc2)O[C@@H]1CO)CO. The van der Waals surface area contributed by atoms with Crippen molar-refractivity contribution in [1.29, 1.82) is 0 Å². The van der Waals surface area contributed by atoms with E-state index in [0.717, 1.165) is 24.8 Å². The molecule has 3 atom stereocenters. The average molecular weight is 478 g/mol. The zero-order chi connectivity index (χ0) is 25.0. The van der Waals surface area contributed by atoms with E-state index in [9.17, 15) is 15.0 Å². The highest BCUT2D eigenvalue weighted by Crippen LogP contribution is 2.29. The van der Waals surface area contributed by atoms with E-state index < -0.39 is 30.1 Å². The number of carbonyl (C=O) groups excluding carboxylic acids is 1. The van der Waals surface area contributed by atoms with Gasteiger partial charge in [0.05, 0.1) is 25.9 Å². The Morgan fingerprint density at radius 3 is 2.44 bits per heavy atom. The van der Waals surface area contributed by atoms with Gasteiger partial charge in [0.25, 0.3) is 0 Å². The van der Waals surface area contributed by atoms with Crippen LogP contribution >= 0.6 is 0 Å². The largest absolute Gasteiger partial charge is 0.444 e. The van der Waals surface area contributed by atoms with Gasteiger partial charge in [-0.2, -0.15) is 0 Å². The van der Waals surface area contributed by atoms with Crippen LogP contribution in [0.3, 0.4) is 0 Å². The van der Waals surface area contributed by atoms with E-state index in [1.165, 1.54) is 19.3 Å². The zero-order valence-corrected chi connectivity index (χ0v) is 21.2. The second-order valence-electron chi connectivity index (χ2n) is 9.79. The Morgan fingerprint density at radius 1 is 1.15 bits per heavy atom. The lowest BCUT2D eigenvalue weighted by atomic mass is 10.0. The molecule has 1 fully saturated rings. The first-order chi connectivity index (χ1) is 16.3. The van der Waals surface area contributed by atoms with E-state index in [2.05, 4.69) is 6.92 Å². The molecule has 192 valence electrons. The molecule has 0 aliphatic carbocycles. The van der Waals surface area contributed by atoms with Crippen molar-refractivity contribution in [3.8, 4) is 0 Å². The van der Waals surface area contributed by atoms with E-state index >= 15 is 0 Å². The quantitative estimate of drug-likeness (QED) is 0.326. The summed E-state index contributed by atoms with van der Waals surface area (Å²) in [6.07, 6.45) is 6.71. The fourth-order valence-corrected chi connectivity index (χ4v) is 3.91. The van der Waals surface area contributed by atoms with Crippen LogP contribution in [0, 0.1) is 0 Å². The molecule has 0 spiro atoms. The van der Waals surface area contributed by atoms with Gasteiger partial charge in [0.1, 0.15) is 11.7 Å². The highest BCUT2D eigenvalue weighted by atomic mass is 16.7. The van der Waals surface area contributed by atoms with Crippen LogP contribution in [0.1, 0.15) is 78.1 Å². The van der Waals surface area contributed by atoms with Gasteiger partial charge in [-0.05, 0) is 32.8 Å². The number of ether oxygens (including phenoxy) is 3. The molecule has 2 rings (SSSR count). The molecule has 34 heavy (non-hydrogen) atoms. The molecular weight excluding hydrogens is 434 g/mol. The maximum Gasteiger partial charge on any atom is 0.410 e. The minimum absolute atomic E-state index is 0.222. The Morgan fingerprint density at radius 2 is 1.82 bits per heavy atom. The first-order valence-electron chi connectivity index (χ1n) is 12.5. The molecule has 0 aromatic heterocycles. The standard InChI is InChI=1S/C27H43NO6/c1-5-6-7-8-9-13-16-28(26(31)34-27(2,3)4)23(18-29)17-22-20-32-25(33-24(22)19-30)21-14-11-10-12-15-21/h10-12,14-15,17,23-25,29-30H,5-9,13,16,18-20H2,1-4H3/b22-17-/t23-,24-,25?/m1/s1. The van der Waals surface area contributed by atoms with Crippen LogP contribution in [-0.2, 0) is 14.2 Å². The number of amides is 1. The van der Waals surface area contributed by atoms with Crippen LogP contribution < -0.4 is 0 Å². The van der Waals surface area contributed by atoms with Gasteiger partial charge in [-0.3, -0.25) is 4.90 Å². The molecule has 0 bridgehead atoms. The number of nitrogens with zero attached hydrogens (tertiary/aromatic N) is 1. The summed E-state index contributed by atoms with van der Waals surface area (Å²) in [4.78, 5) is 14.6. The fourth-order valence-electron chi connectivity index (χ4n) is 3.91. The average Bonchev–Trinajstić information content (AvgIpc) is 2.82. The van der Waals surface area contributed by atoms with E-state index in [-0.39, 0.29) is 19.8 Å². The summed E-state index contributed by atoms with van der Waals surface area (Å²) in [5, 5.41) is 20.2. The second-order valence-corrected chi connectivity index (χ2v) is 9.79. The normalized spacial score (nSPS) is 20.8. The van der Waals surface area contributed by atoms with Crippen molar-refractivity contribution in [3.05, 3.63) is 47.5 Å². The minimum Gasteiger partial charge on any atom is -0.444 e. The number of benzene rings is 1. The maximum absolute atomic E-state index is 13.0. The van der Waals surface area contributed by atoms with Crippen LogP contribution in [-0.4, -0.2) is 65.3 Å². The Balaban J connectivity index is 2.12. The number of hydrogen-bond donors (Lipinski definition) is 2. The molecule has 1 aliphatic rings. The monoisotopic (exact) mass is 477 g/mol. The highest BCUT2D eigenvalue weighted by Gasteiger charge is 2.31. The third-order valence-corrected chi connectivity index (χ3v) is 5.71. The van der Waals surface area contributed by atoms with Crippen molar-refractivity contribution in [2.45, 2.75) is 90.3 Å². The van der Waals surface area contributed by atoms with Gasteiger partial charge >= 0.3 is 6.09 Å². The Labute approximate surface area is 204 Å². The van der Waals surface area contributed by atoms with Crippen LogP contribution in [0.15, 0.2) is 42.0 Å². The minimum atomic E-state index is -0.642. The fraction of sp³-hybridized carbons (Fsp3) is 0.667. The number of hydrogen-bond acceptors (Lipinski definition) is 6. The number of rotatable bonds is 12. The van der Waals surface area contributed by atoms with Gasteiger partial charge in [-0.1, -0.05) is 75.4 Å². The van der Waals surface area contributed by atoms with Crippen molar-refractivity contribution in [2.75, 3.05) is 26.4 Å². The highest BCUT2D eigenvalue weighted by molar-refractivity contribution is 5.69. The van der Waals surface area contributed by atoms with Gasteiger partial charge in [0, 0.05) is 12.1 Å². The summed E-state index contributed by atoms with van der Waals surface area (Å²) in [5.41, 5.74) is 0.930. The van der Waals surface area contributed by atoms with Crippen molar-refractivity contribution >= 4 is 6.09 Å².